The summed E-state index contributed by atoms with van der Waals surface area (Å²) in [6.07, 6.45) is 5.24. The number of carbonyl (C=O) groups is 1. The number of rotatable bonds is 2. The minimum Gasteiger partial charge on any atom is -0.507 e. The monoisotopic (exact) mass is 351 g/mol. The van der Waals surface area contributed by atoms with Crippen molar-refractivity contribution in [1.29, 1.82) is 0 Å². The van der Waals surface area contributed by atoms with Crippen LogP contribution in [0.5, 0.6) is 5.75 Å². The van der Waals surface area contributed by atoms with Crippen LogP contribution in [-0.4, -0.2) is 17.1 Å². The number of hydrogen-bond acceptors (Lipinski definition) is 3. The highest BCUT2D eigenvalue weighted by molar-refractivity contribution is 6.11. The van der Waals surface area contributed by atoms with Gasteiger partial charge in [-0.25, -0.2) is 0 Å². The number of hydrogen-bond donors (Lipinski definition) is 1. The molecule has 0 aromatic heterocycles. The molecule has 0 unspecified atom stereocenters. The molecule has 0 aliphatic heterocycles. The second-order valence-corrected chi connectivity index (χ2v) is 8.97. The van der Waals surface area contributed by atoms with Crippen molar-refractivity contribution in [1.82, 2.24) is 0 Å². The van der Waals surface area contributed by atoms with Gasteiger partial charge in [-0.15, -0.1) is 0 Å². The van der Waals surface area contributed by atoms with Crippen molar-refractivity contribution in [3.63, 3.8) is 0 Å². The van der Waals surface area contributed by atoms with Gasteiger partial charge in [0.15, 0.2) is 5.78 Å². The van der Waals surface area contributed by atoms with Crippen molar-refractivity contribution in [2.45, 2.75) is 59.3 Å². The normalized spacial score (nSPS) is 16.1. The Labute approximate surface area is 156 Å². The molecule has 0 fully saturated rings. The van der Waals surface area contributed by atoms with Crippen LogP contribution in [0.4, 0.5) is 0 Å². The van der Waals surface area contributed by atoms with Gasteiger partial charge in [-0.05, 0) is 53.2 Å². The lowest BCUT2D eigenvalue weighted by molar-refractivity contribution is -0.112. The topological polar surface area (TPSA) is 49.7 Å². The number of Topliss-reactive ketones (excluding diaryl/α,β-unsaturated/α-hetero) is 1. The lowest BCUT2D eigenvalue weighted by Crippen LogP contribution is -2.17. The zero-order valence-corrected chi connectivity index (χ0v) is 16.9. The maximum atomic E-state index is 11.8. The second-order valence-electron chi connectivity index (χ2n) is 8.97. The third-order valence-corrected chi connectivity index (χ3v) is 4.45. The summed E-state index contributed by atoms with van der Waals surface area (Å²) in [6, 6.07) is 3.96. The van der Waals surface area contributed by atoms with Crippen molar-refractivity contribution in [2.75, 3.05) is 0 Å². The molecule has 0 amide bonds. The van der Waals surface area contributed by atoms with Crippen molar-refractivity contribution in [3.05, 3.63) is 64.4 Å². The molecule has 3 nitrogen and oxygen atoms in total. The van der Waals surface area contributed by atoms with Gasteiger partial charge in [-0.1, -0.05) is 48.1 Å². The van der Waals surface area contributed by atoms with Gasteiger partial charge in [0.05, 0.1) is 5.70 Å². The third-order valence-electron chi connectivity index (χ3n) is 4.45. The van der Waals surface area contributed by atoms with Crippen LogP contribution < -0.4 is 0 Å². The van der Waals surface area contributed by atoms with E-state index < -0.39 is 0 Å². The lowest BCUT2D eigenvalue weighted by atomic mass is 9.78. The van der Waals surface area contributed by atoms with E-state index in [9.17, 15) is 9.90 Å². The predicted molar refractivity (Wildman–Crippen MR) is 109 cm³/mol. The van der Waals surface area contributed by atoms with Crippen LogP contribution in [0.25, 0.3) is 0 Å². The highest BCUT2D eigenvalue weighted by Crippen LogP contribution is 2.39. The average Bonchev–Trinajstić information content (AvgIpc) is 2.49. The van der Waals surface area contributed by atoms with Crippen LogP contribution in [-0.2, 0) is 15.6 Å². The average molecular weight is 351 g/mol. The van der Waals surface area contributed by atoms with Gasteiger partial charge in [-0.2, -0.15) is 0 Å². The quantitative estimate of drug-likeness (QED) is 0.575. The molecule has 1 aliphatic rings. The molecular weight excluding hydrogens is 322 g/mol. The van der Waals surface area contributed by atoms with Crippen molar-refractivity contribution >= 4 is 12.0 Å². The molecular formula is C23H29NO2. The Morgan fingerprint density at radius 1 is 1.00 bits per heavy atom. The van der Waals surface area contributed by atoms with E-state index in [1.54, 1.807) is 25.3 Å². The van der Waals surface area contributed by atoms with E-state index >= 15 is 0 Å². The molecule has 1 aromatic carbocycles. The number of aliphatic imine (C=N–C) groups is 1. The zero-order valence-electron chi connectivity index (χ0n) is 16.9. The van der Waals surface area contributed by atoms with Gasteiger partial charge in [0, 0.05) is 22.9 Å². The minimum atomic E-state index is -0.185. The Balaban J connectivity index is 2.52. The molecule has 0 heterocycles. The maximum Gasteiger partial charge on any atom is 0.188 e. The molecule has 1 aromatic rings. The summed E-state index contributed by atoms with van der Waals surface area (Å²) in [7, 11) is 0. The van der Waals surface area contributed by atoms with Gasteiger partial charge >= 0.3 is 0 Å². The molecule has 0 spiro atoms. The second kappa shape index (κ2) is 6.71. The molecule has 0 bridgehead atoms. The van der Waals surface area contributed by atoms with E-state index in [-0.39, 0.29) is 16.6 Å². The molecule has 1 N–H and O–H groups in total. The van der Waals surface area contributed by atoms with E-state index in [1.165, 1.54) is 0 Å². The fourth-order valence-electron chi connectivity index (χ4n) is 2.92. The molecule has 26 heavy (non-hydrogen) atoms. The Morgan fingerprint density at radius 3 is 1.92 bits per heavy atom. The third kappa shape index (κ3) is 4.21. The Hall–Kier alpha value is -2.42. The molecule has 2 rings (SSSR count). The minimum absolute atomic E-state index is 0.0429. The first-order valence-corrected chi connectivity index (χ1v) is 8.86. The van der Waals surface area contributed by atoms with E-state index in [2.05, 4.69) is 53.1 Å². The van der Waals surface area contributed by atoms with E-state index in [0.29, 0.717) is 22.6 Å². The largest absolute Gasteiger partial charge is 0.507 e. The zero-order chi connectivity index (χ0) is 19.9. The maximum absolute atomic E-state index is 11.8. The van der Waals surface area contributed by atoms with E-state index in [4.69, 9.17) is 0 Å². The lowest BCUT2D eigenvalue weighted by Gasteiger charge is -2.27. The molecule has 1 aliphatic carbocycles. The van der Waals surface area contributed by atoms with Crippen LogP contribution in [0.3, 0.4) is 0 Å². The van der Waals surface area contributed by atoms with Crippen LogP contribution >= 0.6 is 0 Å². The highest BCUT2D eigenvalue weighted by atomic mass is 16.3. The summed E-state index contributed by atoms with van der Waals surface area (Å²) in [5.41, 5.74) is 4.15. The van der Waals surface area contributed by atoms with Gasteiger partial charge in [-0.3, -0.25) is 9.79 Å². The first-order valence-electron chi connectivity index (χ1n) is 8.86. The highest BCUT2D eigenvalue weighted by Gasteiger charge is 2.26. The number of ketones is 1. The molecule has 0 radical (unpaired) electrons. The Bertz CT molecular complexity index is 818. The predicted octanol–water partition coefficient (Wildman–Crippen LogP) is 5.38. The number of phenolic OH excluding ortho intramolecular Hbond substituents is 1. The number of nitrogens with zero attached hydrogens (tertiary/aromatic N) is 1. The molecule has 0 saturated heterocycles. The summed E-state index contributed by atoms with van der Waals surface area (Å²) in [5.74, 6) is 0.312. The van der Waals surface area contributed by atoms with Crippen molar-refractivity contribution in [3.8, 4) is 5.75 Å². The summed E-state index contributed by atoms with van der Waals surface area (Å²) < 4.78 is 0. The van der Waals surface area contributed by atoms with Crippen molar-refractivity contribution < 1.29 is 9.90 Å². The van der Waals surface area contributed by atoms with Crippen LogP contribution in [0.1, 0.15) is 65.2 Å². The molecule has 3 heteroatoms. The molecule has 138 valence electrons. The van der Waals surface area contributed by atoms with E-state index in [0.717, 1.165) is 16.7 Å². The van der Waals surface area contributed by atoms with Crippen molar-refractivity contribution in [2.24, 2.45) is 4.99 Å². The fraction of sp³-hybridized carbons (Fsp3) is 0.391. The fourth-order valence-corrected chi connectivity index (χ4v) is 2.92. The number of carbonyl (C=O) groups excluding carboxylic acids is 1. The van der Waals surface area contributed by atoms with Gasteiger partial charge < -0.3 is 5.11 Å². The number of phenols is 1. The molecule has 0 saturated carbocycles. The summed E-state index contributed by atoms with van der Waals surface area (Å²) >= 11 is 0. The standard InChI is InChI=1S/C23H29NO2/c1-14-9-17(10-15(2)20(14)25)24-13-16-11-18(22(3,4)5)21(26)19(12-16)23(6,7)8/h9-13,26H,1H2,2-8H3. The van der Waals surface area contributed by atoms with Gasteiger partial charge in [0.1, 0.15) is 5.75 Å². The van der Waals surface area contributed by atoms with E-state index in [1.807, 2.05) is 12.1 Å². The Kier molecular flexibility index (Phi) is 5.14. The Morgan fingerprint density at radius 2 is 1.50 bits per heavy atom. The first-order chi connectivity index (χ1) is 11.8. The number of allylic oxidation sites excluding steroid dienone is 4. The first kappa shape index (κ1) is 19.9. The van der Waals surface area contributed by atoms with Gasteiger partial charge in [0.25, 0.3) is 0 Å². The summed E-state index contributed by atoms with van der Waals surface area (Å²) in [4.78, 5) is 16.3. The smallest absolute Gasteiger partial charge is 0.188 e. The van der Waals surface area contributed by atoms with Gasteiger partial charge in [0.2, 0.25) is 0 Å². The number of benzene rings is 1. The number of aromatic hydroxyl groups is 1. The van der Waals surface area contributed by atoms with Crippen LogP contribution in [0, 0.1) is 0 Å². The SMILES string of the molecule is C=C1C=C(N=Cc2cc(C(C)(C)C)c(O)c(C(C)(C)C)c2)C=C(C)C1=O. The summed E-state index contributed by atoms with van der Waals surface area (Å²) in [6.45, 7) is 18.1. The van der Waals surface area contributed by atoms with Crippen LogP contribution in [0.2, 0.25) is 0 Å². The van der Waals surface area contributed by atoms with Crippen LogP contribution in [0.15, 0.2) is 52.7 Å². The summed E-state index contributed by atoms with van der Waals surface area (Å²) in [5, 5.41) is 10.8. The molecule has 0 atom stereocenters.